The first-order chi connectivity index (χ1) is 13.3. The summed E-state index contributed by atoms with van der Waals surface area (Å²) in [5, 5.41) is 4.84. The van der Waals surface area contributed by atoms with Crippen molar-refractivity contribution in [1.82, 2.24) is 0 Å². The summed E-state index contributed by atoms with van der Waals surface area (Å²) in [5.74, 6) is 1.20. The number of aliphatic imine (C=N–C) groups is 3. The quantitative estimate of drug-likeness (QED) is 0.260. The molecule has 0 N–H and O–H groups in total. The van der Waals surface area contributed by atoms with Crippen LogP contribution in [0.15, 0.2) is 99.9 Å². The van der Waals surface area contributed by atoms with Crippen molar-refractivity contribution < 1.29 is 0 Å². The third-order valence-corrected chi connectivity index (χ3v) is 4.61. The Hall–Kier alpha value is -3.59. The molecule has 0 spiro atoms. The molecule has 0 saturated carbocycles. The second kappa shape index (κ2) is 7.34. The minimum atomic E-state index is 0.564. The molecule has 0 heterocycles. The third-order valence-electron chi connectivity index (χ3n) is 4.61. The first-order valence-corrected chi connectivity index (χ1v) is 8.79. The molecule has 0 bridgehead atoms. The van der Waals surface area contributed by atoms with Crippen LogP contribution in [-0.4, -0.2) is 25.4 Å². The van der Waals surface area contributed by atoms with Crippen molar-refractivity contribution in [1.29, 1.82) is 0 Å². The largest absolute Gasteiger partial charge is 0.270 e. The van der Waals surface area contributed by atoms with Crippen molar-refractivity contribution in [2.24, 2.45) is 15.0 Å². The van der Waals surface area contributed by atoms with Gasteiger partial charge in [0.15, 0.2) is 11.7 Å². The molecule has 0 aliphatic rings. The minimum absolute atomic E-state index is 0.564. The Morgan fingerprint density at radius 3 is 2.15 bits per heavy atom. The fraction of sp³-hybridized carbons (Fsp3) is 0.0417. The molecular formula is C24H19N3. The van der Waals surface area contributed by atoms with E-state index in [1.54, 1.807) is 7.05 Å². The van der Waals surface area contributed by atoms with Crippen LogP contribution in [0, 0.1) is 0 Å². The molecule has 0 aliphatic carbocycles. The van der Waals surface area contributed by atoms with Crippen LogP contribution >= 0.6 is 0 Å². The molecule has 4 aromatic carbocycles. The molecule has 0 radical (unpaired) electrons. The van der Waals surface area contributed by atoms with Crippen molar-refractivity contribution in [2.75, 3.05) is 7.05 Å². The van der Waals surface area contributed by atoms with E-state index in [-0.39, 0.29) is 0 Å². The van der Waals surface area contributed by atoms with Crippen LogP contribution in [-0.2, 0) is 0 Å². The van der Waals surface area contributed by atoms with Gasteiger partial charge in [0.1, 0.15) is 0 Å². The van der Waals surface area contributed by atoms with Crippen LogP contribution in [0.25, 0.3) is 21.5 Å². The molecule has 0 unspecified atom stereocenters. The lowest BCUT2D eigenvalue weighted by molar-refractivity contribution is 1.37. The Kier molecular flexibility index (Phi) is 4.58. The van der Waals surface area contributed by atoms with E-state index < -0.39 is 0 Å². The Morgan fingerprint density at radius 2 is 1.37 bits per heavy atom. The molecule has 4 rings (SSSR count). The summed E-state index contributed by atoms with van der Waals surface area (Å²) in [6, 6.07) is 28.8. The number of rotatable bonds is 2. The summed E-state index contributed by atoms with van der Waals surface area (Å²) in [6.45, 7) is 3.71. The molecule has 0 atom stereocenters. The SMILES string of the molecule is C=N/C(=N\C(=N/C)c1ccccc1)c1ccc2c(ccc3ccccc32)c1. The summed E-state index contributed by atoms with van der Waals surface area (Å²) < 4.78 is 0. The zero-order valence-corrected chi connectivity index (χ0v) is 15.1. The van der Waals surface area contributed by atoms with Gasteiger partial charge in [0, 0.05) is 18.2 Å². The van der Waals surface area contributed by atoms with Crippen molar-refractivity contribution in [2.45, 2.75) is 0 Å². The van der Waals surface area contributed by atoms with Gasteiger partial charge in [-0.15, -0.1) is 0 Å². The molecule has 0 amide bonds. The van der Waals surface area contributed by atoms with Crippen LogP contribution in [0.5, 0.6) is 0 Å². The molecular weight excluding hydrogens is 330 g/mol. The molecule has 3 heteroatoms. The first kappa shape index (κ1) is 16.9. The van der Waals surface area contributed by atoms with Crippen molar-refractivity contribution in [3.05, 3.63) is 96.1 Å². The highest BCUT2D eigenvalue weighted by Crippen LogP contribution is 2.26. The van der Waals surface area contributed by atoms with Crippen molar-refractivity contribution >= 4 is 39.9 Å². The van der Waals surface area contributed by atoms with Crippen LogP contribution in [0.2, 0.25) is 0 Å². The zero-order valence-electron chi connectivity index (χ0n) is 15.1. The van der Waals surface area contributed by atoms with E-state index in [9.17, 15) is 0 Å². The van der Waals surface area contributed by atoms with Crippen LogP contribution in [0.4, 0.5) is 0 Å². The second-order valence-corrected chi connectivity index (χ2v) is 6.23. The highest BCUT2D eigenvalue weighted by Gasteiger charge is 2.08. The summed E-state index contributed by atoms with van der Waals surface area (Å²) in [4.78, 5) is 13.1. The average Bonchev–Trinajstić information content (AvgIpc) is 2.75. The fourth-order valence-electron chi connectivity index (χ4n) is 3.27. The molecule has 0 saturated heterocycles. The van der Waals surface area contributed by atoms with E-state index in [4.69, 9.17) is 0 Å². The Balaban J connectivity index is 1.81. The average molecular weight is 349 g/mol. The van der Waals surface area contributed by atoms with E-state index in [1.165, 1.54) is 16.2 Å². The number of amidine groups is 2. The smallest absolute Gasteiger partial charge is 0.161 e. The normalized spacial score (nSPS) is 12.5. The summed E-state index contributed by atoms with van der Waals surface area (Å²) in [5.41, 5.74) is 1.87. The Labute approximate surface area is 158 Å². The number of benzene rings is 4. The van der Waals surface area contributed by atoms with E-state index in [0.717, 1.165) is 16.5 Å². The van der Waals surface area contributed by atoms with Crippen molar-refractivity contribution in [3.8, 4) is 0 Å². The predicted molar refractivity (Wildman–Crippen MR) is 116 cm³/mol. The molecule has 0 aliphatic heterocycles. The topological polar surface area (TPSA) is 37.1 Å². The lowest BCUT2D eigenvalue weighted by atomic mass is 10.00. The third kappa shape index (κ3) is 3.27. The van der Waals surface area contributed by atoms with Gasteiger partial charge in [0.2, 0.25) is 0 Å². The van der Waals surface area contributed by atoms with E-state index in [0.29, 0.717) is 11.7 Å². The Morgan fingerprint density at radius 1 is 0.667 bits per heavy atom. The zero-order chi connectivity index (χ0) is 18.6. The van der Waals surface area contributed by atoms with E-state index in [2.05, 4.69) is 70.2 Å². The fourth-order valence-corrected chi connectivity index (χ4v) is 3.27. The Bertz CT molecular complexity index is 1190. The molecule has 130 valence electrons. The number of hydrogen-bond acceptors (Lipinski definition) is 1. The van der Waals surface area contributed by atoms with Gasteiger partial charge in [-0.05, 0) is 34.3 Å². The highest BCUT2D eigenvalue weighted by atomic mass is 15.0. The standard InChI is InChI=1S/C24H19N3/c1-25-23(18-9-4-3-5-10-18)27-24(26-2)20-14-15-22-19(16-20)13-12-17-8-6-7-11-21(17)22/h3-16H,2H2,1H3/b25-23-,27-24-. The summed E-state index contributed by atoms with van der Waals surface area (Å²) in [7, 11) is 1.74. The van der Waals surface area contributed by atoms with Gasteiger partial charge >= 0.3 is 0 Å². The van der Waals surface area contributed by atoms with Gasteiger partial charge in [-0.25, -0.2) is 9.98 Å². The van der Waals surface area contributed by atoms with E-state index >= 15 is 0 Å². The molecule has 0 fully saturated rings. The maximum Gasteiger partial charge on any atom is 0.161 e. The molecule has 0 aromatic heterocycles. The van der Waals surface area contributed by atoms with Crippen LogP contribution in [0.3, 0.4) is 0 Å². The van der Waals surface area contributed by atoms with Gasteiger partial charge in [-0.1, -0.05) is 78.9 Å². The summed E-state index contributed by atoms with van der Waals surface area (Å²) in [6.07, 6.45) is 0. The van der Waals surface area contributed by atoms with E-state index in [1.807, 2.05) is 36.4 Å². The van der Waals surface area contributed by atoms with Gasteiger partial charge in [-0.2, -0.15) is 0 Å². The predicted octanol–water partition coefficient (Wildman–Crippen LogP) is 5.52. The van der Waals surface area contributed by atoms with Gasteiger partial charge < -0.3 is 0 Å². The molecule has 4 aromatic rings. The highest BCUT2D eigenvalue weighted by molar-refractivity contribution is 6.15. The van der Waals surface area contributed by atoms with Gasteiger partial charge in [0.25, 0.3) is 0 Å². The summed E-state index contributed by atoms with van der Waals surface area (Å²) >= 11 is 0. The van der Waals surface area contributed by atoms with Gasteiger partial charge in [-0.3, -0.25) is 4.99 Å². The van der Waals surface area contributed by atoms with Crippen LogP contribution < -0.4 is 0 Å². The second-order valence-electron chi connectivity index (χ2n) is 6.23. The van der Waals surface area contributed by atoms with Crippen LogP contribution in [0.1, 0.15) is 11.1 Å². The molecule has 3 nitrogen and oxygen atoms in total. The minimum Gasteiger partial charge on any atom is -0.270 e. The lowest BCUT2D eigenvalue weighted by Crippen LogP contribution is -2.04. The lowest BCUT2D eigenvalue weighted by Gasteiger charge is -2.07. The number of hydrogen-bond donors (Lipinski definition) is 0. The monoisotopic (exact) mass is 349 g/mol. The van der Waals surface area contributed by atoms with Crippen molar-refractivity contribution in [3.63, 3.8) is 0 Å². The number of nitrogens with zero attached hydrogens (tertiary/aromatic N) is 3. The number of fused-ring (bicyclic) bond motifs is 3. The first-order valence-electron chi connectivity index (χ1n) is 8.79. The maximum atomic E-state index is 4.66. The van der Waals surface area contributed by atoms with Gasteiger partial charge in [0.05, 0.1) is 0 Å². The maximum absolute atomic E-state index is 4.66. The molecule has 27 heavy (non-hydrogen) atoms.